The van der Waals surface area contributed by atoms with E-state index in [1.165, 1.54) is 11.1 Å². The molecule has 0 N–H and O–H groups in total. The second-order valence-electron chi connectivity index (χ2n) is 3.85. The zero-order chi connectivity index (χ0) is 13.0. The van der Waals surface area contributed by atoms with Gasteiger partial charge >= 0.3 is 0 Å². The van der Waals surface area contributed by atoms with E-state index in [0.717, 1.165) is 0 Å². The molecule has 1 fully saturated rings. The first-order chi connectivity index (χ1) is 8.72. The van der Waals surface area contributed by atoms with Crippen molar-refractivity contribution in [2.45, 2.75) is 18.9 Å². The summed E-state index contributed by atoms with van der Waals surface area (Å²) in [7, 11) is 0. The molecule has 7 heteroatoms. The van der Waals surface area contributed by atoms with E-state index in [4.69, 9.17) is 16.3 Å². The van der Waals surface area contributed by atoms with E-state index in [9.17, 15) is 9.59 Å². The number of aromatic nitrogens is 2. The Morgan fingerprint density at radius 2 is 2.22 bits per heavy atom. The second kappa shape index (κ2) is 5.88. The first-order valence-electron chi connectivity index (χ1n) is 5.57. The summed E-state index contributed by atoms with van der Waals surface area (Å²) in [5.41, 5.74) is 0. The van der Waals surface area contributed by atoms with Gasteiger partial charge in [0.1, 0.15) is 5.82 Å². The maximum Gasteiger partial charge on any atom is 0.292 e. The molecule has 0 aliphatic carbocycles. The van der Waals surface area contributed by atoms with Gasteiger partial charge in [-0.1, -0.05) is 0 Å². The van der Waals surface area contributed by atoms with Crippen LogP contribution in [0.1, 0.15) is 12.8 Å². The number of halogens is 1. The Morgan fingerprint density at radius 3 is 2.83 bits per heavy atom. The zero-order valence-corrected chi connectivity index (χ0v) is 10.3. The second-order valence-corrected chi connectivity index (χ2v) is 4.19. The summed E-state index contributed by atoms with van der Waals surface area (Å²) in [4.78, 5) is 31.6. The maximum absolute atomic E-state index is 11.7. The molecule has 1 aromatic heterocycles. The van der Waals surface area contributed by atoms with Crippen LogP contribution in [0, 0.1) is 0 Å². The lowest BCUT2D eigenvalue weighted by molar-refractivity contribution is -0.130. The van der Waals surface area contributed by atoms with E-state index in [1.807, 2.05) is 0 Å². The third-order valence-corrected chi connectivity index (χ3v) is 2.93. The fraction of sp³-hybridized carbons (Fsp3) is 0.455. The van der Waals surface area contributed by atoms with E-state index >= 15 is 0 Å². The van der Waals surface area contributed by atoms with Gasteiger partial charge in [-0.15, -0.1) is 0 Å². The minimum atomic E-state index is -0.628. The van der Waals surface area contributed by atoms with Crippen LogP contribution in [-0.2, 0) is 14.3 Å². The molecular weight excluding hydrogens is 258 g/mol. The molecule has 6 nitrogen and oxygen atoms in total. The van der Waals surface area contributed by atoms with Crippen LogP contribution in [0.2, 0.25) is 5.28 Å². The zero-order valence-electron chi connectivity index (χ0n) is 9.58. The van der Waals surface area contributed by atoms with Gasteiger partial charge in [0.2, 0.25) is 11.6 Å². The van der Waals surface area contributed by atoms with Gasteiger partial charge in [-0.05, 0) is 30.5 Å². The van der Waals surface area contributed by atoms with Crippen LogP contribution >= 0.6 is 11.6 Å². The molecule has 0 atom stereocenters. The van der Waals surface area contributed by atoms with Crippen LogP contribution < -0.4 is 4.90 Å². The maximum atomic E-state index is 11.7. The molecule has 1 saturated heterocycles. The molecule has 0 aromatic carbocycles. The van der Waals surface area contributed by atoms with Crippen LogP contribution in [-0.4, -0.2) is 41.4 Å². The summed E-state index contributed by atoms with van der Waals surface area (Å²) in [6.07, 6.45) is 3.07. The Balaban J connectivity index is 2.29. The molecule has 2 rings (SSSR count). The fourth-order valence-corrected chi connectivity index (χ4v) is 2.08. The van der Waals surface area contributed by atoms with Gasteiger partial charge in [-0.25, -0.2) is 9.97 Å². The van der Waals surface area contributed by atoms with E-state index < -0.39 is 5.91 Å². The molecule has 0 spiro atoms. The molecule has 0 bridgehead atoms. The molecule has 1 aliphatic rings. The molecule has 1 aromatic rings. The number of hydrogen-bond donors (Lipinski definition) is 0. The average molecular weight is 270 g/mol. The number of carbonyl (C=O) groups is 2. The van der Waals surface area contributed by atoms with Crippen molar-refractivity contribution in [1.29, 1.82) is 0 Å². The van der Waals surface area contributed by atoms with Crippen molar-refractivity contribution in [2.24, 2.45) is 0 Å². The molecule has 0 saturated carbocycles. The number of rotatable bonds is 3. The van der Waals surface area contributed by atoms with Crippen LogP contribution in [0.4, 0.5) is 5.82 Å². The van der Waals surface area contributed by atoms with Crippen molar-refractivity contribution < 1.29 is 14.3 Å². The summed E-state index contributed by atoms with van der Waals surface area (Å²) < 4.78 is 5.24. The number of anilines is 1. The van der Waals surface area contributed by atoms with Gasteiger partial charge < -0.3 is 4.74 Å². The molecule has 0 unspecified atom stereocenters. The Hall–Kier alpha value is -1.53. The van der Waals surface area contributed by atoms with Gasteiger partial charge in [0.05, 0.1) is 0 Å². The topological polar surface area (TPSA) is 72.4 Å². The van der Waals surface area contributed by atoms with Crippen LogP contribution in [0.5, 0.6) is 0 Å². The Morgan fingerprint density at radius 1 is 1.50 bits per heavy atom. The predicted molar refractivity (Wildman–Crippen MR) is 64.4 cm³/mol. The summed E-state index contributed by atoms with van der Waals surface area (Å²) >= 11 is 5.70. The first-order valence-corrected chi connectivity index (χ1v) is 5.95. The van der Waals surface area contributed by atoms with Gasteiger partial charge in [0.25, 0.3) is 5.91 Å². The third-order valence-electron chi connectivity index (χ3n) is 2.75. The number of amides is 1. The van der Waals surface area contributed by atoms with Crippen molar-refractivity contribution in [3.63, 3.8) is 0 Å². The molecule has 0 radical (unpaired) electrons. The summed E-state index contributed by atoms with van der Waals surface area (Å²) in [5.74, 6) is -0.282. The standard InChI is InChI=1S/C11H12ClN3O3/c12-11-13-4-1-9(14-11)15(10(17)7-16)8-2-5-18-6-3-8/h1,4,7-8H,2-3,5-6H2. The highest BCUT2D eigenvalue weighted by Crippen LogP contribution is 2.21. The number of aldehydes is 1. The fourth-order valence-electron chi connectivity index (χ4n) is 1.94. The lowest BCUT2D eigenvalue weighted by atomic mass is 10.1. The average Bonchev–Trinajstić information content (AvgIpc) is 2.40. The van der Waals surface area contributed by atoms with Crippen molar-refractivity contribution >= 4 is 29.6 Å². The van der Waals surface area contributed by atoms with E-state index in [-0.39, 0.29) is 17.6 Å². The summed E-state index contributed by atoms with van der Waals surface area (Å²) in [5, 5.41) is 0.0447. The lowest BCUT2D eigenvalue weighted by Crippen LogP contribution is -2.44. The van der Waals surface area contributed by atoms with Crippen LogP contribution in [0.15, 0.2) is 12.3 Å². The first kappa shape index (κ1) is 12.9. The quantitative estimate of drug-likeness (QED) is 0.462. The molecule has 96 valence electrons. The number of ether oxygens (including phenoxy) is 1. The third kappa shape index (κ3) is 2.83. The van der Waals surface area contributed by atoms with E-state index in [0.29, 0.717) is 31.9 Å². The number of nitrogens with zero attached hydrogens (tertiary/aromatic N) is 3. The van der Waals surface area contributed by atoms with Crippen molar-refractivity contribution in [3.8, 4) is 0 Å². The van der Waals surface area contributed by atoms with E-state index in [2.05, 4.69) is 9.97 Å². The van der Waals surface area contributed by atoms with Gasteiger partial charge in [0, 0.05) is 25.5 Å². The molecule has 18 heavy (non-hydrogen) atoms. The summed E-state index contributed by atoms with van der Waals surface area (Å²) in [6, 6.07) is 1.46. The number of carbonyl (C=O) groups excluding carboxylic acids is 2. The highest BCUT2D eigenvalue weighted by Gasteiger charge is 2.28. The van der Waals surface area contributed by atoms with Crippen molar-refractivity contribution in [2.75, 3.05) is 18.1 Å². The number of hydrogen-bond acceptors (Lipinski definition) is 5. The smallest absolute Gasteiger partial charge is 0.292 e. The van der Waals surface area contributed by atoms with Crippen LogP contribution in [0.3, 0.4) is 0 Å². The monoisotopic (exact) mass is 269 g/mol. The SMILES string of the molecule is O=CC(=O)N(c1ccnc(Cl)n1)C1CCOCC1. The van der Waals surface area contributed by atoms with Gasteiger partial charge in [-0.2, -0.15) is 0 Å². The normalized spacial score (nSPS) is 16.3. The Kier molecular flexibility index (Phi) is 4.22. The van der Waals surface area contributed by atoms with Crippen LogP contribution in [0.25, 0.3) is 0 Å². The van der Waals surface area contributed by atoms with Gasteiger partial charge in [-0.3, -0.25) is 14.5 Å². The molecule has 1 aliphatic heterocycles. The predicted octanol–water partition coefficient (Wildman–Crippen LogP) is 0.841. The molecule has 1 amide bonds. The minimum Gasteiger partial charge on any atom is -0.381 e. The van der Waals surface area contributed by atoms with Gasteiger partial charge in [0.15, 0.2) is 0 Å². The highest BCUT2D eigenvalue weighted by molar-refractivity contribution is 6.31. The summed E-state index contributed by atoms with van der Waals surface area (Å²) in [6.45, 7) is 1.12. The van der Waals surface area contributed by atoms with Crippen molar-refractivity contribution in [3.05, 3.63) is 17.5 Å². The lowest BCUT2D eigenvalue weighted by Gasteiger charge is -2.32. The Labute approximate surface area is 109 Å². The Bertz CT molecular complexity index is 449. The van der Waals surface area contributed by atoms with Crippen molar-refractivity contribution in [1.82, 2.24) is 9.97 Å². The van der Waals surface area contributed by atoms with E-state index in [1.54, 1.807) is 6.07 Å². The largest absolute Gasteiger partial charge is 0.381 e. The molecule has 2 heterocycles. The molecular formula is C11H12ClN3O3. The highest BCUT2D eigenvalue weighted by atomic mass is 35.5. The minimum absolute atomic E-state index is 0.0447.